The minimum absolute atomic E-state index is 0.388. The van der Waals surface area contributed by atoms with Gasteiger partial charge in [-0.3, -0.25) is 0 Å². The Labute approximate surface area is 90.3 Å². The van der Waals surface area contributed by atoms with Crippen molar-refractivity contribution in [2.75, 3.05) is 18.0 Å². The highest BCUT2D eigenvalue weighted by Gasteiger charge is 2.13. The molecule has 82 valence electrons. The maximum Gasteiger partial charge on any atom is 0.337 e. The Balaban J connectivity index is 3.21. The molecule has 1 N–H and O–H groups in total. The van der Waals surface area contributed by atoms with Gasteiger partial charge in [0, 0.05) is 13.1 Å². The molecule has 0 amide bonds. The van der Waals surface area contributed by atoms with E-state index in [2.05, 4.69) is 0 Å². The fourth-order valence-electron chi connectivity index (χ4n) is 1.66. The van der Waals surface area contributed by atoms with Gasteiger partial charge >= 0.3 is 5.97 Å². The first-order valence-electron chi connectivity index (χ1n) is 5.19. The van der Waals surface area contributed by atoms with E-state index >= 15 is 0 Å². The number of carboxylic acid groups (broad SMARTS) is 1. The van der Waals surface area contributed by atoms with Gasteiger partial charge in [0.15, 0.2) is 0 Å². The predicted molar refractivity (Wildman–Crippen MR) is 61.7 cm³/mol. The van der Waals surface area contributed by atoms with Crippen LogP contribution in [-0.4, -0.2) is 24.2 Å². The van der Waals surface area contributed by atoms with Gasteiger partial charge < -0.3 is 10.0 Å². The number of carbonyl (C=O) groups is 1. The fraction of sp³-hybridized carbons (Fsp3) is 0.417. The number of hydrogen-bond donors (Lipinski definition) is 1. The Morgan fingerprint density at radius 1 is 1.33 bits per heavy atom. The first-order chi connectivity index (χ1) is 7.10. The summed E-state index contributed by atoms with van der Waals surface area (Å²) in [5.41, 5.74) is 2.17. The number of rotatable bonds is 4. The molecule has 0 spiro atoms. The van der Waals surface area contributed by atoms with Crippen molar-refractivity contribution in [2.45, 2.75) is 20.8 Å². The van der Waals surface area contributed by atoms with Crippen LogP contribution >= 0.6 is 0 Å². The number of nitrogens with zero attached hydrogens (tertiary/aromatic N) is 1. The van der Waals surface area contributed by atoms with Crippen LogP contribution in [0.5, 0.6) is 0 Å². The van der Waals surface area contributed by atoms with Crippen LogP contribution in [-0.2, 0) is 0 Å². The minimum Gasteiger partial charge on any atom is -0.478 e. The number of carboxylic acids is 1. The second kappa shape index (κ2) is 4.82. The highest BCUT2D eigenvalue weighted by molar-refractivity contribution is 5.94. The summed E-state index contributed by atoms with van der Waals surface area (Å²) in [5.74, 6) is -0.861. The Bertz CT molecular complexity index is 357. The van der Waals surface area contributed by atoms with Crippen molar-refractivity contribution in [3.05, 3.63) is 29.3 Å². The Morgan fingerprint density at radius 2 is 1.93 bits per heavy atom. The first-order valence-corrected chi connectivity index (χ1v) is 5.19. The lowest BCUT2D eigenvalue weighted by atomic mass is 10.1. The lowest BCUT2D eigenvalue weighted by molar-refractivity contribution is 0.0697. The minimum atomic E-state index is -0.861. The third-order valence-corrected chi connectivity index (χ3v) is 2.49. The fourth-order valence-corrected chi connectivity index (χ4v) is 1.66. The molecule has 0 aliphatic heterocycles. The van der Waals surface area contributed by atoms with Gasteiger partial charge in [0.05, 0.1) is 11.3 Å². The molecule has 0 aliphatic carbocycles. The monoisotopic (exact) mass is 207 g/mol. The van der Waals surface area contributed by atoms with Crippen LogP contribution in [0.2, 0.25) is 0 Å². The molecule has 0 fully saturated rings. The van der Waals surface area contributed by atoms with Gasteiger partial charge in [0.25, 0.3) is 0 Å². The maximum absolute atomic E-state index is 11.1. The molecule has 3 nitrogen and oxygen atoms in total. The third kappa shape index (κ3) is 2.49. The molecule has 0 heterocycles. The Morgan fingerprint density at radius 3 is 2.40 bits per heavy atom. The van der Waals surface area contributed by atoms with Gasteiger partial charge in [-0.1, -0.05) is 11.6 Å². The largest absolute Gasteiger partial charge is 0.478 e. The van der Waals surface area contributed by atoms with Gasteiger partial charge in [0.2, 0.25) is 0 Å². The second-order valence-corrected chi connectivity index (χ2v) is 3.50. The van der Waals surface area contributed by atoms with Gasteiger partial charge in [-0.2, -0.15) is 0 Å². The van der Waals surface area contributed by atoms with Crippen LogP contribution < -0.4 is 4.90 Å². The number of aromatic carboxylic acids is 1. The molecule has 0 aromatic heterocycles. The Hall–Kier alpha value is -1.51. The van der Waals surface area contributed by atoms with Crippen molar-refractivity contribution >= 4 is 11.7 Å². The van der Waals surface area contributed by atoms with Crippen LogP contribution in [0.3, 0.4) is 0 Å². The lowest BCUT2D eigenvalue weighted by Gasteiger charge is -2.23. The van der Waals surface area contributed by atoms with Crippen molar-refractivity contribution in [3.63, 3.8) is 0 Å². The number of anilines is 1. The van der Waals surface area contributed by atoms with Crippen LogP contribution in [0.1, 0.15) is 29.8 Å². The predicted octanol–water partition coefficient (Wildman–Crippen LogP) is 2.54. The molecule has 1 aromatic rings. The molecule has 1 rings (SSSR count). The molecular formula is C12H17NO2. The Kier molecular flexibility index (Phi) is 3.72. The van der Waals surface area contributed by atoms with Crippen molar-refractivity contribution in [1.29, 1.82) is 0 Å². The van der Waals surface area contributed by atoms with Crippen LogP contribution in [0.25, 0.3) is 0 Å². The van der Waals surface area contributed by atoms with E-state index in [0.29, 0.717) is 5.56 Å². The summed E-state index contributed by atoms with van der Waals surface area (Å²) in [6.07, 6.45) is 0. The van der Waals surface area contributed by atoms with E-state index in [4.69, 9.17) is 5.11 Å². The molecule has 0 unspecified atom stereocenters. The van der Waals surface area contributed by atoms with Gasteiger partial charge in [-0.15, -0.1) is 0 Å². The molecular weight excluding hydrogens is 190 g/mol. The highest BCUT2D eigenvalue weighted by Crippen LogP contribution is 2.21. The van der Waals surface area contributed by atoms with Crippen molar-refractivity contribution in [1.82, 2.24) is 0 Å². The summed E-state index contributed by atoms with van der Waals surface area (Å²) in [6.45, 7) is 7.59. The summed E-state index contributed by atoms with van der Waals surface area (Å²) in [4.78, 5) is 13.1. The summed E-state index contributed by atoms with van der Waals surface area (Å²) < 4.78 is 0. The summed E-state index contributed by atoms with van der Waals surface area (Å²) in [6, 6.07) is 5.54. The van der Waals surface area contributed by atoms with Crippen LogP contribution in [0.4, 0.5) is 5.69 Å². The number of benzene rings is 1. The highest BCUT2D eigenvalue weighted by atomic mass is 16.4. The zero-order chi connectivity index (χ0) is 11.4. The van der Waals surface area contributed by atoms with E-state index in [9.17, 15) is 4.79 Å². The molecule has 1 aromatic carbocycles. The summed E-state index contributed by atoms with van der Waals surface area (Å²) >= 11 is 0. The molecule has 0 aliphatic rings. The molecule has 0 saturated carbocycles. The normalized spacial score (nSPS) is 10.1. The molecule has 0 bridgehead atoms. The van der Waals surface area contributed by atoms with E-state index in [0.717, 1.165) is 24.3 Å². The van der Waals surface area contributed by atoms with E-state index in [1.807, 2.05) is 37.8 Å². The quantitative estimate of drug-likeness (QED) is 0.824. The second-order valence-electron chi connectivity index (χ2n) is 3.50. The van der Waals surface area contributed by atoms with Crippen molar-refractivity contribution in [3.8, 4) is 0 Å². The van der Waals surface area contributed by atoms with Gasteiger partial charge in [0.1, 0.15) is 0 Å². The topological polar surface area (TPSA) is 40.5 Å². The van der Waals surface area contributed by atoms with Crippen molar-refractivity contribution in [2.24, 2.45) is 0 Å². The van der Waals surface area contributed by atoms with E-state index in [1.165, 1.54) is 0 Å². The van der Waals surface area contributed by atoms with E-state index < -0.39 is 5.97 Å². The zero-order valence-corrected chi connectivity index (χ0v) is 9.45. The lowest BCUT2D eigenvalue weighted by Crippen LogP contribution is -2.24. The zero-order valence-electron chi connectivity index (χ0n) is 9.45. The van der Waals surface area contributed by atoms with Crippen LogP contribution in [0.15, 0.2) is 18.2 Å². The van der Waals surface area contributed by atoms with Gasteiger partial charge in [-0.05, 0) is 32.9 Å². The average Bonchev–Trinajstić information content (AvgIpc) is 2.21. The van der Waals surface area contributed by atoms with Gasteiger partial charge in [-0.25, -0.2) is 4.79 Å². The van der Waals surface area contributed by atoms with E-state index in [-0.39, 0.29) is 0 Å². The molecule has 3 heteroatoms. The number of hydrogen-bond acceptors (Lipinski definition) is 2. The van der Waals surface area contributed by atoms with E-state index in [1.54, 1.807) is 6.07 Å². The smallest absolute Gasteiger partial charge is 0.337 e. The number of aryl methyl sites for hydroxylation is 1. The van der Waals surface area contributed by atoms with Crippen LogP contribution in [0, 0.1) is 6.92 Å². The summed E-state index contributed by atoms with van der Waals surface area (Å²) in [7, 11) is 0. The van der Waals surface area contributed by atoms with Crippen molar-refractivity contribution < 1.29 is 9.90 Å². The molecule has 0 atom stereocenters. The first kappa shape index (κ1) is 11.6. The summed E-state index contributed by atoms with van der Waals surface area (Å²) in [5, 5.41) is 9.10. The molecule has 15 heavy (non-hydrogen) atoms. The average molecular weight is 207 g/mol. The maximum atomic E-state index is 11.1. The standard InChI is InChI=1S/C12H17NO2/c1-4-13(5-2)11-7-6-9(3)8-10(11)12(14)15/h6-8H,4-5H2,1-3H3,(H,14,15). The molecule has 0 saturated heterocycles. The third-order valence-electron chi connectivity index (χ3n) is 2.49. The molecule has 0 radical (unpaired) electrons. The SMILES string of the molecule is CCN(CC)c1ccc(C)cc1C(=O)O.